The Labute approximate surface area is 204 Å². The molecular formula is C23H28N4O5S2. The highest BCUT2D eigenvalue weighted by Crippen LogP contribution is 2.33. The van der Waals surface area contributed by atoms with Crippen LogP contribution in [-0.2, 0) is 19.6 Å². The van der Waals surface area contributed by atoms with Crippen molar-refractivity contribution in [1.82, 2.24) is 9.21 Å². The summed E-state index contributed by atoms with van der Waals surface area (Å²) in [4.78, 5) is 31.9. The number of anilines is 1. The molecule has 1 saturated heterocycles. The Morgan fingerprint density at radius 2 is 1.94 bits per heavy atom. The lowest BCUT2D eigenvalue weighted by atomic mass is 10.2. The third-order valence-electron chi connectivity index (χ3n) is 5.04. The Morgan fingerprint density at radius 3 is 2.62 bits per heavy atom. The molecule has 34 heavy (non-hydrogen) atoms. The first kappa shape index (κ1) is 25.7. The number of nitrogens with zero attached hydrogens (tertiary/aromatic N) is 3. The molecule has 0 saturated carbocycles. The first-order chi connectivity index (χ1) is 16.2. The van der Waals surface area contributed by atoms with Gasteiger partial charge in [0.1, 0.15) is 11.0 Å². The van der Waals surface area contributed by atoms with Gasteiger partial charge in [-0.05, 0) is 36.8 Å². The van der Waals surface area contributed by atoms with Crippen LogP contribution in [0, 0.1) is 0 Å². The predicted molar refractivity (Wildman–Crippen MR) is 134 cm³/mol. The van der Waals surface area contributed by atoms with Gasteiger partial charge in [0, 0.05) is 27.1 Å². The maximum absolute atomic E-state index is 13.0. The second-order valence-electron chi connectivity index (χ2n) is 7.73. The number of carbonyl (C=O) groups excluding carboxylic acids is 2. The maximum Gasteiger partial charge on any atom is 0.242 e. The van der Waals surface area contributed by atoms with Gasteiger partial charge >= 0.3 is 0 Å². The zero-order chi connectivity index (χ0) is 24.9. The van der Waals surface area contributed by atoms with E-state index >= 15 is 0 Å². The summed E-state index contributed by atoms with van der Waals surface area (Å²) in [6.45, 7) is 2.40. The molecule has 2 amide bonds. The summed E-state index contributed by atoms with van der Waals surface area (Å²) >= 11 is 1.20. The molecule has 0 aromatic heterocycles. The SMILES string of the molecule is CCCN1C(=O)[C@H](CC(=O)Nc2ccccc2OC)SC1=Nc1cccc(S(=O)(=O)N(C)C)c1. The summed E-state index contributed by atoms with van der Waals surface area (Å²) in [6, 6.07) is 13.3. The van der Waals surface area contributed by atoms with Gasteiger partial charge in [0.15, 0.2) is 5.17 Å². The fourth-order valence-electron chi connectivity index (χ4n) is 3.31. The van der Waals surface area contributed by atoms with Crippen molar-refractivity contribution in [2.45, 2.75) is 29.9 Å². The lowest BCUT2D eigenvalue weighted by Crippen LogP contribution is -2.34. The molecule has 9 nitrogen and oxygen atoms in total. The number of amidine groups is 1. The van der Waals surface area contributed by atoms with Gasteiger partial charge in [-0.3, -0.25) is 14.5 Å². The van der Waals surface area contributed by atoms with Gasteiger partial charge < -0.3 is 10.1 Å². The number of nitrogens with one attached hydrogen (secondary N) is 1. The van der Waals surface area contributed by atoms with Crippen molar-refractivity contribution in [2.75, 3.05) is 33.1 Å². The number of thioether (sulfide) groups is 1. The molecule has 2 aromatic rings. The third kappa shape index (κ3) is 5.78. The first-order valence-electron chi connectivity index (χ1n) is 10.7. The molecular weight excluding hydrogens is 476 g/mol. The van der Waals surface area contributed by atoms with E-state index in [1.54, 1.807) is 41.3 Å². The van der Waals surface area contributed by atoms with Crippen molar-refractivity contribution in [3.63, 3.8) is 0 Å². The normalized spacial score (nSPS) is 17.4. The molecule has 1 atom stereocenters. The van der Waals surface area contributed by atoms with Crippen LogP contribution in [0.2, 0.25) is 0 Å². The second-order valence-corrected chi connectivity index (χ2v) is 11.0. The minimum absolute atomic E-state index is 0.0319. The van der Waals surface area contributed by atoms with Crippen LogP contribution in [0.4, 0.5) is 11.4 Å². The van der Waals surface area contributed by atoms with Crippen LogP contribution in [0.15, 0.2) is 58.4 Å². The zero-order valence-corrected chi connectivity index (χ0v) is 21.1. The Bertz CT molecular complexity index is 1200. The molecule has 1 aliphatic rings. The Balaban J connectivity index is 1.81. The van der Waals surface area contributed by atoms with Crippen molar-refractivity contribution in [3.8, 4) is 5.75 Å². The molecule has 0 unspecified atom stereocenters. The Hall–Kier alpha value is -2.89. The quantitative estimate of drug-likeness (QED) is 0.561. The summed E-state index contributed by atoms with van der Waals surface area (Å²) in [5.41, 5.74) is 0.946. The molecule has 1 N–H and O–H groups in total. The van der Waals surface area contributed by atoms with Crippen LogP contribution in [0.5, 0.6) is 5.75 Å². The number of hydrogen-bond acceptors (Lipinski definition) is 7. The monoisotopic (exact) mass is 504 g/mol. The summed E-state index contributed by atoms with van der Waals surface area (Å²) in [6.07, 6.45) is 0.677. The average Bonchev–Trinajstić information content (AvgIpc) is 3.08. The van der Waals surface area contributed by atoms with E-state index in [1.165, 1.54) is 45.1 Å². The first-order valence-corrected chi connectivity index (χ1v) is 13.0. The van der Waals surface area contributed by atoms with E-state index < -0.39 is 15.3 Å². The number of para-hydroxylation sites is 2. The van der Waals surface area contributed by atoms with Gasteiger partial charge in [0.05, 0.1) is 23.4 Å². The van der Waals surface area contributed by atoms with E-state index in [4.69, 9.17) is 4.74 Å². The predicted octanol–water partition coefficient (Wildman–Crippen LogP) is 3.32. The number of amides is 2. The smallest absolute Gasteiger partial charge is 0.242 e. The van der Waals surface area contributed by atoms with Gasteiger partial charge in [-0.15, -0.1) is 0 Å². The molecule has 182 valence electrons. The van der Waals surface area contributed by atoms with Crippen LogP contribution in [-0.4, -0.2) is 67.6 Å². The molecule has 0 radical (unpaired) electrons. The number of aliphatic imine (C=N–C) groups is 1. The largest absolute Gasteiger partial charge is 0.495 e. The van der Waals surface area contributed by atoms with E-state index in [9.17, 15) is 18.0 Å². The summed E-state index contributed by atoms with van der Waals surface area (Å²) in [5.74, 6) is 0.0219. The second kappa shape index (κ2) is 11.0. The van der Waals surface area contributed by atoms with Crippen molar-refractivity contribution in [1.29, 1.82) is 0 Å². The number of hydrogen-bond donors (Lipinski definition) is 1. The van der Waals surface area contributed by atoms with Gasteiger partial charge in [-0.2, -0.15) is 0 Å². The Kier molecular flexibility index (Phi) is 8.34. The number of carbonyl (C=O) groups is 2. The lowest BCUT2D eigenvalue weighted by Gasteiger charge is -2.15. The standard InChI is InChI=1S/C23H28N4O5S2/c1-5-13-27-22(29)20(15-21(28)25-18-11-6-7-12-19(18)32-4)33-23(27)24-16-9-8-10-17(14-16)34(30,31)26(2)3/h6-12,14,20H,5,13,15H2,1-4H3,(H,25,28)/t20-/m0/s1. The highest BCUT2D eigenvalue weighted by atomic mass is 32.2. The number of methoxy groups -OCH3 is 1. The van der Waals surface area contributed by atoms with E-state index in [0.29, 0.717) is 35.3 Å². The molecule has 0 bridgehead atoms. The van der Waals surface area contributed by atoms with Crippen LogP contribution >= 0.6 is 11.8 Å². The molecule has 0 aliphatic carbocycles. The number of sulfonamides is 1. The number of ether oxygens (including phenoxy) is 1. The molecule has 1 fully saturated rings. The van der Waals surface area contributed by atoms with Crippen molar-refractivity contribution >= 4 is 50.1 Å². The molecule has 0 spiro atoms. The fourth-order valence-corrected chi connectivity index (χ4v) is 5.43. The minimum Gasteiger partial charge on any atom is -0.495 e. The highest BCUT2D eigenvalue weighted by Gasteiger charge is 2.38. The zero-order valence-electron chi connectivity index (χ0n) is 19.5. The van der Waals surface area contributed by atoms with Crippen molar-refractivity contribution < 1.29 is 22.7 Å². The van der Waals surface area contributed by atoms with E-state index in [-0.39, 0.29) is 23.1 Å². The lowest BCUT2D eigenvalue weighted by molar-refractivity contribution is -0.128. The van der Waals surface area contributed by atoms with Gasteiger partial charge in [-0.1, -0.05) is 36.9 Å². The van der Waals surface area contributed by atoms with Crippen molar-refractivity contribution in [2.24, 2.45) is 4.99 Å². The average molecular weight is 505 g/mol. The summed E-state index contributed by atoms with van der Waals surface area (Å²) in [7, 11) is 0.826. The fraction of sp³-hybridized carbons (Fsp3) is 0.348. The molecule has 1 heterocycles. The number of benzene rings is 2. The van der Waals surface area contributed by atoms with Crippen molar-refractivity contribution in [3.05, 3.63) is 48.5 Å². The highest BCUT2D eigenvalue weighted by molar-refractivity contribution is 8.15. The van der Waals surface area contributed by atoms with Crippen LogP contribution in [0.1, 0.15) is 19.8 Å². The molecule has 3 rings (SSSR count). The Morgan fingerprint density at radius 1 is 1.21 bits per heavy atom. The van der Waals surface area contributed by atoms with E-state index in [2.05, 4.69) is 10.3 Å². The van der Waals surface area contributed by atoms with Crippen LogP contribution in [0.25, 0.3) is 0 Å². The van der Waals surface area contributed by atoms with Gasteiger partial charge in [0.25, 0.3) is 0 Å². The van der Waals surface area contributed by atoms with E-state index in [1.807, 2.05) is 6.92 Å². The number of rotatable bonds is 9. The summed E-state index contributed by atoms with van der Waals surface area (Å²) in [5, 5.41) is 2.61. The van der Waals surface area contributed by atoms with E-state index in [0.717, 1.165) is 4.31 Å². The molecule has 11 heteroatoms. The topological polar surface area (TPSA) is 108 Å². The van der Waals surface area contributed by atoms with Gasteiger partial charge in [-0.25, -0.2) is 17.7 Å². The summed E-state index contributed by atoms with van der Waals surface area (Å²) < 4.78 is 31.3. The maximum atomic E-state index is 13.0. The molecule has 2 aromatic carbocycles. The molecule has 1 aliphatic heterocycles. The van der Waals surface area contributed by atoms with Gasteiger partial charge in [0.2, 0.25) is 21.8 Å². The van der Waals surface area contributed by atoms with Crippen LogP contribution < -0.4 is 10.1 Å². The third-order valence-corrected chi connectivity index (χ3v) is 8.03. The minimum atomic E-state index is -3.62. The van der Waals surface area contributed by atoms with Crippen LogP contribution in [0.3, 0.4) is 0 Å².